The molecule has 2 N–H and O–H groups in total. The van der Waals surface area contributed by atoms with Gasteiger partial charge in [0.25, 0.3) is 0 Å². The van der Waals surface area contributed by atoms with Gasteiger partial charge >= 0.3 is 5.69 Å². The van der Waals surface area contributed by atoms with E-state index >= 15 is 0 Å². The first-order chi connectivity index (χ1) is 9.97. The molecule has 2 aliphatic rings. The summed E-state index contributed by atoms with van der Waals surface area (Å²) < 4.78 is 0. The number of amides is 1. The third-order valence-electron chi connectivity index (χ3n) is 4.03. The number of piperazine rings is 1. The summed E-state index contributed by atoms with van der Waals surface area (Å²) in [7, 11) is 0. The molecule has 0 spiro atoms. The average molecular weight is 292 g/mol. The predicted octanol–water partition coefficient (Wildman–Crippen LogP) is 0.0864. The lowest BCUT2D eigenvalue weighted by Gasteiger charge is -2.37. The fourth-order valence-corrected chi connectivity index (χ4v) is 3.06. The van der Waals surface area contributed by atoms with Crippen LogP contribution in [0.4, 0.5) is 17.5 Å². The maximum atomic E-state index is 11.7. The number of nitrogens with zero attached hydrogens (tertiary/aromatic N) is 5. The molecule has 2 saturated heterocycles. The van der Waals surface area contributed by atoms with Gasteiger partial charge in [0.05, 0.1) is 4.92 Å². The van der Waals surface area contributed by atoms with E-state index in [0.717, 1.165) is 6.42 Å². The second kappa shape index (κ2) is 4.83. The molecule has 0 saturated carbocycles. The highest BCUT2D eigenvalue weighted by molar-refractivity contribution is 5.79. The van der Waals surface area contributed by atoms with Crippen molar-refractivity contribution in [2.24, 2.45) is 0 Å². The maximum absolute atomic E-state index is 11.7. The summed E-state index contributed by atoms with van der Waals surface area (Å²) in [6.07, 6.45) is 1.33. The van der Waals surface area contributed by atoms with Crippen molar-refractivity contribution in [3.05, 3.63) is 15.8 Å². The predicted molar refractivity (Wildman–Crippen MR) is 74.8 cm³/mol. The zero-order chi connectivity index (χ0) is 15.1. The number of anilines is 2. The molecule has 3 rings (SSSR count). The highest BCUT2D eigenvalue weighted by Crippen LogP contribution is 2.32. The van der Waals surface area contributed by atoms with Crippen molar-refractivity contribution < 1.29 is 9.72 Å². The van der Waals surface area contributed by atoms with Gasteiger partial charge in [-0.15, -0.1) is 0 Å². The molecule has 9 heteroatoms. The summed E-state index contributed by atoms with van der Waals surface area (Å²) in [5.74, 6) is 0.439. The van der Waals surface area contributed by atoms with E-state index in [9.17, 15) is 14.9 Å². The fraction of sp³-hybridized carbons (Fsp3) is 0.583. The molecule has 0 aliphatic carbocycles. The minimum absolute atomic E-state index is 0.0260. The smallest absolute Gasteiger partial charge is 0.332 e. The Kier molecular flexibility index (Phi) is 3.11. The van der Waals surface area contributed by atoms with Crippen LogP contribution in [0, 0.1) is 17.0 Å². The van der Waals surface area contributed by atoms with Crippen LogP contribution in [0.25, 0.3) is 0 Å². The van der Waals surface area contributed by atoms with E-state index in [1.807, 2.05) is 9.80 Å². The summed E-state index contributed by atoms with van der Waals surface area (Å²) in [6.45, 7) is 3.17. The second-order valence-corrected chi connectivity index (χ2v) is 5.32. The average Bonchev–Trinajstić information content (AvgIpc) is 2.78. The summed E-state index contributed by atoms with van der Waals surface area (Å²) in [5, 5.41) is 11.3. The molecular formula is C12H16N6O3. The Morgan fingerprint density at radius 1 is 1.38 bits per heavy atom. The number of aryl methyl sites for hydroxylation is 1. The molecule has 112 valence electrons. The monoisotopic (exact) mass is 292 g/mol. The molecule has 0 aromatic carbocycles. The Morgan fingerprint density at radius 2 is 2.14 bits per heavy atom. The van der Waals surface area contributed by atoms with Gasteiger partial charge in [0, 0.05) is 32.1 Å². The van der Waals surface area contributed by atoms with E-state index in [4.69, 9.17) is 5.73 Å². The Bertz CT molecular complexity index is 619. The number of hydrogen-bond acceptors (Lipinski definition) is 7. The minimum atomic E-state index is -0.476. The Hall–Kier alpha value is -2.45. The molecule has 21 heavy (non-hydrogen) atoms. The highest BCUT2D eigenvalue weighted by Gasteiger charge is 2.38. The maximum Gasteiger partial charge on any atom is 0.332 e. The molecule has 2 aliphatic heterocycles. The first kappa shape index (κ1) is 13.5. The minimum Gasteiger partial charge on any atom is -0.368 e. The van der Waals surface area contributed by atoms with Gasteiger partial charge in [-0.3, -0.25) is 14.9 Å². The quantitative estimate of drug-likeness (QED) is 0.606. The van der Waals surface area contributed by atoms with Gasteiger partial charge in [-0.1, -0.05) is 0 Å². The number of nitro groups is 1. The first-order valence-electron chi connectivity index (χ1n) is 6.80. The zero-order valence-electron chi connectivity index (χ0n) is 11.7. The SMILES string of the molecule is Cc1nc(N)nc(N2CCN3C(=O)CCC3C2)c1[N+](=O)[O-]. The van der Waals surface area contributed by atoms with Crippen LogP contribution in [-0.4, -0.2) is 51.4 Å². The van der Waals surface area contributed by atoms with Crippen molar-refractivity contribution in [2.45, 2.75) is 25.8 Å². The van der Waals surface area contributed by atoms with Gasteiger partial charge in [0.2, 0.25) is 17.7 Å². The lowest BCUT2D eigenvalue weighted by molar-refractivity contribution is -0.385. The van der Waals surface area contributed by atoms with Crippen LogP contribution in [0.5, 0.6) is 0 Å². The van der Waals surface area contributed by atoms with E-state index in [-0.39, 0.29) is 35.1 Å². The van der Waals surface area contributed by atoms with Gasteiger partial charge in [-0.25, -0.2) is 4.98 Å². The number of aromatic nitrogens is 2. The van der Waals surface area contributed by atoms with Crippen molar-refractivity contribution >= 4 is 23.4 Å². The van der Waals surface area contributed by atoms with E-state index in [0.29, 0.717) is 26.1 Å². The van der Waals surface area contributed by atoms with Crippen molar-refractivity contribution in [3.8, 4) is 0 Å². The molecule has 1 amide bonds. The molecule has 0 radical (unpaired) electrons. The number of fused-ring (bicyclic) bond motifs is 1. The van der Waals surface area contributed by atoms with Gasteiger partial charge in [0.1, 0.15) is 5.69 Å². The topological polar surface area (TPSA) is 118 Å². The van der Waals surface area contributed by atoms with Gasteiger partial charge in [-0.2, -0.15) is 4.98 Å². The molecule has 1 aromatic heterocycles. The lowest BCUT2D eigenvalue weighted by Crippen LogP contribution is -2.52. The van der Waals surface area contributed by atoms with Crippen LogP contribution in [-0.2, 0) is 4.79 Å². The summed E-state index contributed by atoms with van der Waals surface area (Å²) in [4.78, 5) is 34.1. The molecule has 1 aromatic rings. The second-order valence-electron chi connectivity index (χ2n) is 5.32. The van der Waals surface area contributed by atoms with Gasteiger partial charge < -0.3 is 15.5 Å². The Morgan fingerprint density at radius 3 is 2.86 bits per heavy atom. The highest BCUT2D eigenvalue weighted by atomic mass is 16.6. The molecule has 1 atom stereocenters. The fourth-order valence-electron chi connectivity index (χ4n) is 3.06. The van der Waals surface area contributed by atoms with Crippen LogP contribution in [0.3, 0.4) is 0 Å². The van der Waals surface area contributed by atoms with Gasteiger partial charge in [0.15, 0.2) is 0 Å². The van der Waals surface area contributed by atoms with Crippen molar-refractivity contribution in [3.63, 3.8) is 0 Å². The van der Waals surface area contributed by atoms with E-state index in [1.54, 1.807) is 6.92 Å². The molecule has 1 unspecified atom stereocenters. The molecule has 3 heterocycles. The summed E-state index contributed by atoms with van der Waals surface area (Å²) >= 11 is 0. The number of rotatable bonds is 2. The van der Waals surface area contributed by atoms with E-state index in [1.165, 1.54) is 0 Å². The van der Waals surface area contributed by atoms with E-state index < -0.39 is 4.92 Å². The normalized spacial score (nSPS) is 21.6. The van der Waals surface area contributed by atoms with Crippen LogP contribution in [0.2, 0.25) is 0 Å². The van der Waals surface area contributed by atoms with Gasteiger partial charge in [-0.05, 0) is 13.3 Å². The summed E-state index contributed by atoms with van der Waals surface area (Å²) in [6, 6.07) is 0.0994. The van der Waals surface area contributed by atoms with Crippen LogP contribution in [0.15, 0.2) is 0 Å². The number of carbonyl (C=O) groups excluding carboxylic acids is 1. The first-order valence-corrected chi connectivity index (χ1v) is 6.80. The standard InChI is InChI=1S/C12H16N6O3/c1-7-10(18(20)21)11(15-12(13)14-7)16-4-5-17-8(6-16)2-3-9(17)19/h8H,2-6H2,1H3,(H2,13,14,15). The van der Waals surface area contributed by atoms with Crippen molar-refractivity contribution in [1.29, 1.82) is 0 Å². The number of nitrogens with two attached hydrogens (primary N) is 1. The molecule has 2 fully saturated rings. The number of nitrogen functional groups attached to an aromatic ring is 1. The molecule has 0 bridgehead atoms. The third-order valence-corrected chi connectivity index (χ3v) is 4.03. The van der Waals surface area contributed by atoms with Crippen molar-refractivity contribution in [2.75, 3.05) is 30.3 Å². The van der Waals surface area contributed by atoms with Crippen LogP contribution in [0.1, 0.15) is 18.5 Å². The summed E-state index contributed by atoms with van der Waals surface area (Å²) in [5.41, 5.74) is 5.78. The number of hydrogen-bond donors (Lipinski definition) is 1. The van der Waals surface area contributed by atoms with Crippen molar-refractivity contribution in [1.82, 2.24) is 14.9 Å². The largest absolute Gasteiger partial charge is 0.368 e. The Labute approximate surface area is 120 Å². The Balaban J connectivity index is 1.94. The zero-order valence-corrected chi connectivity index (χ0v) is 11.7. The van der Waals surface area contributed by atoms with E-state index in [2.05, 4.69) is 9.97 Å². The molecular weight excluding hydrogens is 276 g/mol. The number of carbonyl (C=O) groups is 1. The third kappa shape index (κ3) is 2.24. The lowest BCUT2D eigenvalue weighted by atomic mass is 10.1. The van der Waals surface area contributed by atoms with Crippen LogP contribution < -0.4 is 10.6 Å². The van der Waals surface area contributed by atoms with Crippen LogP contribution >= 0.6 is 0 Å². The molecule has 9 nitrogen and oxygen atoms in total.